The summed E-state index contributed by atoms with van der Waals surface area (Å²) in [4.78, 5) is 11.1. The minimum Gasteiger partial charge on any atom is -0.486 e. The van der Waals surface area contributed by atoms with Crippen LogP contribution in [0.15, 0.2) is 42.5 Å². The number of hydrogen-bond acceptors (Lipinski definition) is 2. The lowest BCUT2D eigenvalue weighted by Gasteiger charge is -2.11. The van der Waals surface area contributed by atoms with E-state index in [1.54, 1.807) is 0 Å². The van der Waals surface area contributed by atoms with Crippen LogP contribution in [0.4, 0.5) is 0 Å². The fourth-order valence-electron chi connectivity index (χ4n) is 1.57. The molecule has 0 aliphatic carbocycles. The molecule has 0 aliphatic rings. The lowest BCUT2D eigenvalue weighted by atomic mass is 10.2. The highest BCUT2D eigenvalue weighted by molar-refractivity contribution is 6.37. The molecule has 0 bridgehead atoms. The van der Waals surface area contributed by atoms with Crippen LogP contribution in [-0.4, -0.2) is 5.91 Å². The number of nitrogens with two attached hydrogens (primary N) is 1. The van der Waals surface area contributed by atoms with Gasteiger partial charge < -0.3 is 10.5 Å². The van der Waals surface area contributed by atoms with Gasteiger partial charge in [0.1, 0.15) is 6.61 Å². The first kappa shape index (κ1) is 13.7. The van der Waals surface area contributed by atoms with Gasteiger partial charge in [-0.15, -0.1) is 0 Å². The molecule has 0 aromatic heterocycles. The molecule has 0 unspecified atom stereocenters. The molecule has 2 aromatic rings. The molecule has 0 saturated heterocycles. The van der Waals surface area contributed by atoms with Crippen molar-refractivity contribution in [1.82, 2.24) is 0 Å². The van der Waals surface area contributed by atoms with Gasteiger partial charge in [0.15, 0.2) is 5.75 Å². The first-order valence-electron chi connectivity index (χ1n) is 5.53. The lowest BCUT2D eigenvalue weighted by Crippen LogP contribution is -2.11. The highest BCUT2D eigenvalue weighted by Gasteiger charge is 2.12. The van der Waals surface area contributed by atoms with Gasteiger partial charge in [0, 0.05) is 5.56 Å². The van der Waals surface area contributed by atoms with Crippen LogP contribution in [0.5, 0.6) is 5.75 Å². The summed E-state index contributed by atoms with van der Waals surface area (Å²) < 4.78 is 5.57. The average molecular weight is 296 g/mol. The zero-order chi connectivity index (χ0) is 13.8. The van der Waals surface area contributed by atoms with Crippen molar-refractivity contribution in [3.8, 4) is 5.75 Å². The van der Waals surface area contributed by atoms with Crippen LogP contribution < -0.4 is 10.5 Å². The maximum atomic E-state index is 11.1. The van der Waals surface area contributed by atoms with Crippen LogP contribution in [0.2, 0.25) is 10.0 Å². The minimum atomic E-state index is -0.585. The molecule has 2 rings (SSSR count). The smallest absolute Gasteiger partial charge is 0.248 e. The van der Waals surface area contributed by atoms with E-state index < -0.39 is 5.91 Å². The van der Waals surface area contributed by atoms with Gasteiger partial charge in [-0.3, -0.25) is 4.79 Å². The maximum absolute atomic E-state index is 11.1. The fourth-order valence-corrected chi connectivity index (χ4v) is 2.17. The van der Waals surface area contributed by atoms with Crippen molar-refractivity contribution in [3.63, 3.8) is 0 Å². The molecule has 5 heteroatoms. The van der Waals surface area contributed by atoms with Crippen molar-refractivity contribution in [1.29, 1.82) is 0 Å². The standard InChI is InChI=1S/C14H11Cl2NO2/c15-11-6-10(14(17)18)7-12(16)13(11)19-8-9-4-2-1-3-5-9/h1-7H,8H2,(H2,17,18). The Balaban J connectivity index is 2.19. The van der Waals surface area contributed by atoms with Crippen LogP contribution in [0.25, 0.3) is 0 Å². The van der Waals surface area contributed by atoms with E-state index in [0.29, 0.717) is 12.4 Å². The topological polar surface area (TPSA) is 52.3 Å². The third-order valence-corrected chi connectivity index (χ3v) is 3.07. The van der Waals surface area contributed by atoms with Gasteiger partial charge in [0.25, 0.3) is 0 Å². The summed E-state index contributed by atoms with van der Waals surface area (Å²) in [5.74, 6) is -0.240. The first-order chi connectivity index (χ1) is 9.08. The number of ether oxygens (including phenoxy) is 1. The molecule has 3 nitrogen and oxygen atoms in total. The fraction of sp³-hybridized carbons (Fsp3) is 0.0714. The quantitative estimate of drug-likeness (QED) is 0.935. The van der Waals surface area contributed by atoms with E-state index in [4.69, 9.17) is 33.7 Å². The van der Waals surface area contributed by atoms with Gasteiger partial charge in [-0.25, -0.2) is 0 Å². The van der Waals surface area contributed by atoms with E-state index in [1.165, 1.54) is 12.1 Å². The number of carbonyl (C=O) groups is 1. The van der Waals surface area contributed by atoms with Gasteiger partial charge >= 0.3 is 0 Å². The Morgan fingerprint density at radius 1 is 1.11 bits per heavy atom. The van der Waals surface area contributed by atoms with E-state index in [9.17, 15) is 4.79 Å². The molecule has 2 N–H and O–H groups in total. The van der Waals surface area contributed by atoms with Gasteiger partial charge in [-0.2, -0.15) is 0 Å². The predicted octanol–water partition coefficient (Wildman–Crippen LogP) is 3.67. The summed E-state index contributed by atoms with van der Waals surface area (Å²) in [6, 6.07) is 12.5. The largest absolute Gasteiger partial charge is 0.486 e. The summed E-state index contributed by atoms with van der Waals surface area (Å²) >= 11 is 12.1. The van der Waals surface area contributed by atoms with E-state index >= 15 is 0 Å². The molecule has 0 atom stereocenters. The number of benzene rings is 2. The zero-order valence-electron chi connectivity index (χ0n) is 9.90. The highest BCUT2D eigenvalue weighted by atomic mass is 35.5. The van der Waals surface area contributed by atoms with E-state index in [1.807, 2.05) is 30.3 Å². The number of rotatable bonds is 4. The first-order valence-corrected chi connectivity index (χ1v) is 6.29. The van der Waals surface area contributed by atoms with Crippen LogP contribution >= 0.6 is 23.2 Å². The molecule has 0 fully saturated rings. The molecular weight excluding hydrogens is 285 g/mol. The van der Waals surface area contributed by atoms with Crippen LogP contribution in [-0.2, 0) is 6.61 Å². The maximum Gasteiger partial charge on any atom is 0.248 e. The Morgan fingerprint density at radius 3 is 2.21 bits per heavy atom. The molecule has 98 valence electrons. The molecular formula is C14H11Cl2NO2. The van der Waals surface area contributed by atoms with Crippen molar-refractivity contribution in [2.75, 3.05) is 0 Å². The van der Waals surface area contributed by atoms with E-state index in [-0.39, 0.29) is 15.6 Å². The second-order valence-corrected chi connectivity index (χ2v) is 4.72. The van der Waals surface area contributed by atoms with Gasteiger partial charge in [0.2, 0.25) is 5.91 Å². The lowest BCUT2D eigenvalue weighted by molar-refractivity contribution is 0.1000. The Kier molecular flexibility index (Phi) is 4.30. The third-order valence-electron chi connectivity index (χ3n) is 2.51. The second-order valence-electron chi connectivity index (χ2n) is 3.91. The molecule has 0 aliphatic heterocycles. The Hall–Kier alpha value is -1.71. The molecule has 0 saturated carbocycles. The number of primary amides is 1. The van der Waals surface area contributed by atoms with E-state index in [0.717, 1.165) is 5.56 Å². The summed E-state index contributed by atoms with van der Waals surface area (Å²) in [5.41, 5.74) is 6.42. The highest BCUT2D eigenvalue weighted by Crippen LogP contribution is 2.34. The van der Waals surface area contributed by atoms with Gasteiger partial charge in [0.05, 0.1) is 10.0 Å². The summed E-state index contributed by atoms with van der Waals surface area (Å²) in [7, 11) is 0. The van der Waals surface area contributed by atoms with Crippen molar-refractivity contribution in [2.24, 2.45) is 5.73 Å². The van der Waals surface area contributed by atoms with E-state index in [2.05, 4.69) is 0 Å². The number of amides is 1. The number of halogens is 2. The Bertz CT molecular complexity index is 577. The normalized spacial score (nSPS) is 10.2. The minimum absolute atomic E-state index is 0.252. The molecule has 2 aromatic carbocycles. The molecule has 0 radical (unpaired) electrons. The number of hydrogen-bond donors (Lipinski definition) is 1. The molecule has 0 spiro atoms. The number of carbonyl (C=O) groups excluding carboxylic acids is 1. The molecule has 19 heavy (non-hydrogen) atoms. The molecule has 0 heterocycles. The summed E-state index contributed by atoms with van der Waals surface area (Å²) in [6.07, 6.45) is 0. The van der Waals surface area contributed by atoms with Crippen LogP contribution in [0.3, 0.4) is 0 Å². The van der Waals surface area contributed by atoms with Crippen molar-refractivity contribution in [2.45, 2.75) is 6.61 Å². The van der Waals surface area contributed by atoms with Crippen molar-refractivity contribution < 1.29 is 9.53 Å². The van der Waals surface area contributed by atoms with Crippen molar-refractivity contribution >= 4 is 29.1 Å². The Morgan fingerprint density at radius 2 is 1.68 bits per heavy atom. The predicted molar refractivity (Wildman–Crippen MR) is 75.8 cm³/mol. The van der Waals surface area contributed by atoms with Crippen LogP contribution in [0.1, 0.15) is 15.9 Å². The molecule has 1 amide bonds. The van der Waals surface area contributed by atoms with Gasteiger partial charge in [-0.1, -0.05) is 53.5 Å². The van der Waals surface area contributed by atoms with Crippen molar-refractivity contribution in [3.05, 3.63) is 63.6 Å². The monoisotopic (exact) mass is 295 g/mol. The SMILES string of the molecule is NC(=O)c1cc(Cl)c(OCc2ccccc2)c(Cl)c1. The Labute approximate surface area is 120 Å². The summed E-state index contributed by atoms with van der Waals surface area (Å²) in [5, 5.41) is 0.523. The third kappa shape index (κ3) is 3.40. The van der Waals surface area contributed by atoms with Gasteiger partial charge in [-0.05, 0) is 17.7 Å². The van der Waals surface area contributed by atoms with Crippen LogP contribution in [0, 0.1) is 0 Å². The summed E-state index contributed by atoms with van der Waals surface area (Å²) in [6.45, 7) is 0.343. The average Bonchev–Trinajstić information content (AvgIpc) is 2.38. The zero-order valence-corrected chi connectivity index (χ0v) is 11.4. The second kappa shape index (κ2) is 5.95.